The maximum absolute atomic E-state index is 12.0. The van der Waals surface area contributed by atoms with E-state index in [1.54, 1.807) is 25.3 Å². The van der Waals surface area contributed by atoms with Gasteiger partial charge in [-0.2, -0.15) is 0 Å². The number of nitrogens with zero attached hydrogens (tertiary/aromatic N) is 1. The van der Waals surface area contributed by atoms with Crippen LogP contribution in [0.15, 0.2) is 18.2 Å². The number of likely N-dealkylation sites (tertiary alicyclic amines) is 1. The SMILES string of the molecule is CCOc1cc(NC(=O)NCCCCN2CCCC(C)C2)ccc1OC. The van der Waals surface area contributed by atoms with E-state index >= 15 is 0 Å². The number of rotatable bonds is 9. The number of carbonyl (C=O) groups is 1. The Hall–Kier alpha value is -1.95. The van der Waals surface area contributed by atoms with Gasteiger partial charge < -0.3 is 25.0 Å². The van der Waals surface area contributed by atoms with Crippen LogP contribution in [0.2, 0.25) is 0 Å². The van der Waals surface area contributed by atoms with E-state index in [1.807, 2.05) is 6.92 Å². The highest BCUT2D eigenvalue weighted by molar-refractivity contribution is 5.89. The van der Waals surface area contributed by atoms with Crippen LogP contribution in [0.1, 0.15) is 39.5 Å². The number of ether oxygens (including phenoxy) is 2. The Morgan fingerprint density at radius 1 is 1.31 bits per heavy atom. The number of piperidine rings is 1. The first kappa shape index (κ1) is 20.4. The fourth-order valence-electron chi connectivity index (χ4n) is 3.35. The highest BCUT2D eigenvalue weighted by Crippen LogP contribution is 2.30. The second kappa shape index (κ2) is 10.9. The molecule has 6 nitrogen and oxygen atoms in total. The molecule has 0 bridgehead atoms. The molecule has 1 aliphatic rings. The third kappa shape index (κ3) is 6.75. The van der Waals surface area contributed by atoms with Crippen molar-refractivity contribution in [2.45, 2.75) is 39.5 Å². The van der Waals surface area contributed by atoms with Crippen LogP contribution in [0.25, 0.3) is 0 Å². The maximum atomic E-state index is 12.0. The normalized spacial score (nSPS) is 17.6. The van der Waals surface area contributed by atoms with E-state index in [0.717, 1.165) is 25.3 Å². The second-order valence-corrected chi connectivity index (χ2v) is 6.93. The molecule has 1 unspecified atom stereocenters. The number of hydrogen-bond donors (Lipinski definition) is 2. The molecular weight excluding hydrogens is 330 g/mol. The van der Waals surface area contributed by atoms with Gasteiger partial charge in [-0.15, -0.1) is 0 Å². The van der Waals surface area contributed by atoms with Crippen LogP contribution in [-0.2, 0) is 0 Å². The second-order valence-electron chi connectivity index (χ2n) is 6.93. The number of amides is 2. The molecule has 0 aliphatic carbocycles. The first-order valence-corrected chi connectivity index (χ1v) is 9.70. The first-order valence-electron chi connectivity index (χ1n) is 9.70. The van der Waals surface area contributed by atoms with Crippen LogP contribution in [0.5, 0.6) is 11.5 Å². The molecule has 2 rings (SSSR count). The molecule has 0 aromatic heterocycles. The summed E-state index contributed by atoms with van der Waals surface area (Å²) < 4.78 is 10.8. The number of methoxy groups -OCH3 is 1. The van der Waals surface area contributed by atoms with Gasteiger partial charge >= 0.3 is 6.03 Å². The van der Waals surface area contributed by atoms with Gasteiger partial charge in [-0.1, -0.05) is 6.92 Å². The van der Waals surface area contributed by atoms with Gasteiger partial charge in [0, 0.05) is 24.8 Å². The van der Waals surface area contributed by atoms with Crippen molar-refractivity contribution in [2.24, 2.45) is 5.92 Å². The van der Waals surface area contributed by atoms with Crippen molar-refractivity contribution in [3.63, 3.8) is 0 Å². The highest BCUT2D eigenvalue weighted by atomic mass is 16.5. The topological polar surface area (TPSA) is 62.8 Å². The molecule has 6 heteroatoms. The van der Waals surface area contributed by atoms with Gasteiger partial charge in [-0.25, -0.2) is 4.79 Å². The molecule has 1 atom stereocenters. The van der Waals surface area contributed by atoms with Crippen molar-refractivity contribution in [2.75, 3.05) is 45.2 Å². The van der Waals surface area contributed by atoms with Crippen molar-refractivity contribution < 1.29 is 14.3 Å². The van der Waals surface area contributed by atoms with Crippen molar-refractivity contribution >= 4 is 11.7 Å². The summed E-state index contributed by atoms with van der Waals surface area (Å²) in [6.45, 7) is 9.03. The number of unbranched alkanes of at least 4 members (excludes halogenated alkanes) is 1. The van der Waals surface area contributed by atoms with Gasteiger partial charge in [-0.3, -0.25) is 0 Å². The van der Waals surface area contributed by atoms with Crippen LogP contribution in [0.4, 0.5) is 10.5 Å². The Morgan fingerprint density at radius 3 is 2.88 bits per heavy atom. The van der Waals surface area contributed by atoms with Crippen LogP contribution < -0.4 is 20.1 Å². The van der Waals surface area contributed by atoms with Crippen molar-refractivity contribution in [3.05, 3.63) is 18.2 Å². The van der Waals surface area contributed by atoms with Crippen LogP contribution >= 0.6 is 0 Å². The lowest BCUT2D eigenvalue weighted by Crippen LogP contribution is -2.35. The predicted molar refractivity (Wildman–Crippen MR) is 105 cm³/mol. The number of anilines is 1. The number of hydrogen-bond acceptors (Lipinski definition) is 4. The zero-order valence-corrected chi connectivity index (χ0v) is 16.3. The molecule has 1 aromatic carbocycles. The molecule has 0 spiro atoms. The first-order chi connectivity index (χ1) is 12.6. The van der Waals surface area contributed by atoms with E-state index in [4.69, 9.17) is 9.47 Å². The minimum absolute atomic E-state index is 0.191. The molecule has 1 aromatic rings. The molecule has 2 amide bonds. The lowest BCUT2D eigenvalue weighted by molar-refractivity contribution is 0.181. The molecular formula is C20H33N3O3. The van der Waals surface area contributed by atoms with E-state index in [2.05, 4.69) is 22.5 Å². The van der Waals surface area contributed by atoms with E-state index in [0.29, 0.717) is 30.3 Å². The average molecular weight is 364 g/mol. The summed E-state index contributed by atoms with van der Waals surface area (Å²) in [6, 6.07) is 5.18. The highest BCUT2D eigenvalue weighted by Gasteiger charge is 2.15. The lowest BCUT2D eigenvalue weighted by atomic mass is 10.0. The number of benzene rings is 1. The summed E-state index contributed by atoms with van der Waals surface area (Å²) in [5.41, 5.74) is 0.689. The van der Waals surface area contributed by atoms with Crippen LogP contribution in [0.3, 0.4) is 0 Å². The van der Waals surface area contributed by atoms with Gasteiger partial charge in [0.1, 0.15) is 0 Å². The fraction of sp³-hybridized carbons (Fsp3) is 0.650. The monoisotopic (exact) mass is 363 g/mol. The van der Waals surface area contributed by atoms with Gasteiger partial charge in [0.25, 0.3) is 0 Å². The summed E-state index contributed by atoms with van der Waals surface area (Å²) in [4.78, 5) is 14.6. The quantitative estimate of drug-likeness (QED) is 0.656. The number of urea groups is 1. The van der Waals surface area contributed by atoms with E-state index in [9.17, 15) is 4.79 Å². The third-order valence-electron chi connectivity index (χ3n) is 4.65. The largest absolute Gasteiger partial charge is 0.493 e. The van der Waals surface area contributed by atoms with E-state index < -0.39 is 0 Å². The van der Waals surface area contributed by atoms with Gasteiger partial charge in [0.2, 0.25) is 0 Å². The zero-order chi connectivity index (χ0) is 18.8. The summed E-state index contributed by atoms with van der Waals surface area (Å²) in [5.74, 6) is 2.10. The Labute approximate surface area is 157 Å². The molecule has 1 aliphatic heterocycles. The summed E-state index contributed by atoms with van der Waals surface area (Å²) >= 11 is 0. The summed E-state index contributed by atoms with van der Waals surface area (Å²) in [6.07, 6.45) is 4.77. The number of carbonyl (C=O) groups excluding carboxylic acids is 1. The molecule has 146 valence electrons. The molecule has 0 radical (unpaired) electrons. The molecule has 1 fully saturated rings. The summed E-state index contributed by atoms with van der Waals surface area (Å²) in [5, 5.41) is 5.76. The maximum Gasteiger partial charge on any atom is 0.319 e. The fourth-order valence-corrected chi connectivity index (χ4v) is 3.35. The smallest absolute Gasteiger partial charge is 0.319 e. The van der Waals surface area contributed by atoms with Gasteiger partial charge in [0.15, 0.2) is 11.5 Å². The van der Waals surface area contributed by atoms with Gasteiger partial charge in [0.05, 0.1) is 13.7 Å². The Kier molecular flexibility index (Phi) is 8.54. The van der Waals surface area contributed by atoms with Gasteiger partial charge in [-0.05, 0) is 63.7 Å². The molecule has 26 heavy (non-hydrogen) atoms. The standard InChI is InChI=1S/C20H33N3O3/c1-4-26-19-14-17(9-10-18(19)25-3)22-20(24)21-11-5-6-12-23-13-7-8-16(2)15-23/h9-10,14,16H,4-8,11-13,15H2,1-3H3,(H2,21,22,24). The Morgan fingerprint density at radius 2 is 2.15 bits per heavy atom. The molecule has 1 heterocycles. The third-order valence-corrected chi connectivity index (χ3v) is 4.65. The molecule has 2 N–H and O–H groups in total. The Balaban J connectivity index is 1.66. The average Bonchev–Trinajstić information content (AvgIpc) is 2.62. The molecule has 0 saturated carbocycles. The van der Waals surface area contributed by atoms with Crippen molar-refractivity contribution in [1.82, 2.24) is 10.2 Å². The minimum Gasteiger partial charge on any atom is -0.493 e. The minimum atomic E-state index is -0.191. The number of nitrogens with one attached hydrogen (secondary N) is 2. The van der Waals surface area contributed by atoms with Crippen molar-refractivity contribution in [1.29, 1.82) is 0 Å². The van der Waals surface area contributed by atoms with Crippen LogP contribution in [-0.4, -0.2) is 50.8 Å². The Bertz CT molecular complexity index is 565. The molecule has 1 saturated heterocycles. The van der Waals surface area contributed by atoms with E-state index in [-0.39, 0.29) is 6.03 Å². The summed E-state index contributed by atoms with van der Waals surface area (Å²) in [7, 11) is 1.60. The van der Waals surface area contributed by atoms with Crippen LogP contribution in [0, 0.1) is 5.92 Å². The lowest BCUT2D eigenvalue weighted by Gasteiger charge is -2.30. The van der Waals surface area contributed by atoms with E-state index in [1.165, 1.54) is 25.9 Å². The van der Waals surface area contributed by atoms with Crippen molar-refractivity contribution in [3.8, 4) is 11.5 Å². The zero-order valence-electron chi connectivity index (χ0n) is 16.3. The predicted octanol–water partition coefficient (Wildman–Crippen LogP) is 3.73.